The largest absolute Gasteiger partial charge is 0.476 e. The maximum Gasteiger partial charge on any atom is 0.349 e. The Balaban J connectivity index is 3.06. The van der Waals surface area contributed by atoms with Crippen LogP contribution in [0.15, 0.2) is 17.3 Å². The van der Waals surface area contributed by atoms with Gasteiger partial charge in [-0.1, -0.05) is 5.16 Å². The monoisotopic (exact) mass is 279 g/mol. The fourth-order valence-corrected chi connectivity index (χ4v) is 1.89. The van der Waals surface area contributed by atoms with E-state index in [2.05, 4.69) is 5.16 Å². The zero-order valence-electron chi connectivity index (χ0n) is 12.6. The Labute approximate surface area is 119 Å². The summed E-state index contributed by atoms with van der Waals surface area (Å²) in [5, 5.41) is 11.6. The molecule has 0 heterocycles. The minimum atomic E-state index is -1.06. The Morgan fingerprint density at radius 3 is 2.35 bits per heavy atom. The van der Waals surface area contributed by atoms with Crippen molar-refractivity contribution in [2.24, 2.45) is 5.16 Å². The van der Waals surface area contributed by atoms with Gasteiger partial charge in [0, 0.05) is 0 Å². The van der Waals surface area contributed by atoms with E-state index >= 15 is 0 Å². The van der Waals surface area contributed by atoms with Crippen molar-refractivity contribution in [2.75, 3.05) is 6.61 Å². The van der Waals surface area contributed by atoms with Crippen LogP contribution in [0.25, 0.3) is 0 Å². The lowest BCUT2D eigenvalue weighted by Crippen LogP contribution is -2.40. The van der Waals surface area contributed by atoms with E-state index in [0.717, 1.165) is 16.7 Å². The summed E-state index contributed by atoms with van der Waals surface area (Å²) in [6, 6.07) is 3.65. The van der Waals surface area contributed by atoms with Crippen LogP contribution in [0.5, 0.6) is 5.75 Å². The first kappa shape index (κ1) is 16.0. The lowest BCUT2D eigenvalue weighted by atomic mass is 10.0. The van der Waals surface area contributed by atoms with E-state index in [1.54, 1.807) is 20.8 Å². The van der Waals surface area contributed by atoms with E-state index < -0.39 is 11.6 Å². The van der Waals surface area contributed by atoms with Crippen molar-refractivity contribution in [1.82, 2.24) is 0 Å². The molecule has 5 heteroatoms. The molecule has 5 nitrogen and oxygen atoms in total. The van der Waals surface area contributed by atoms with Crippen LogP contribution in [0.4, 0.5) is 0 Å². The lowest BCUT2D eigenvalue weighted by molar-refractivity contribution is -0.158. The molecule has 0 spiro atoms. The maximum atomic E-state index is 11.9. The van der Waals surface area contributed by atoms with Crippen LogP contribution in [-0.4, -0.2) is 29.6 Å². The fraction of sp³-hybridized carbons (Fsp3) is 0.467. The van der Waals surface area contributed by atoms with Crippen molar-refractivity contribution in [3.05, 3.63) is 28.8 Å². The summed E-state index contributed by atoms with van der Waals surface area (Å²) in [5.41, 5.74) is 1.43. The Bertz CT molecular complexity index is 498. The summed E-state index contributed by atoms with van der Waals surface area (Å²) in [4.78, 5) is 11.9. The second kappa shape index (κ2) is 6.41. The smallest absolute Gasteiger partial charge is 0.349 e. The van der Waals surface area contributed by atoms with Crippen molar-refractivity contribution in [3.8, 4) is 5.75 Å². The number of aryl methyl sites for hydroxylation is 2. The molecule has 20 heavy (non-hydrogen) atoms. The Morgan fingerprint density at radius 1 is 1.35 bits per heavy atom. The van der Waals surface area contributed by atoms with Gasteiger partial charge in [-0.3, -0.25) is 0 Å². The summed E-state index contributed by atoms with van der Waals surface area (Å²) in [6.07, 6.45) is 1.35. The first-order valence-electron chi connectivity index (χ1n) is 6.46. The van der Waals surface area contributed by atoms with Crippen molar-refractivity contribution in [1.29, 1.82) is 0 Å². The number of ether oxygens (including phenoxy) is 2. The quantitative estimate of drug-likeness (QED) is 0.389. The first-order chi connectivity index (χ1) is 9.31. The van der Waals surface area contributed by atoms with E-state index in [1.165, 1.54) is 6.21 Å². The third-order valence-corrected chi connectivity index (χ3v) is 2.81. The summed E-state index contributed by atoms with van der Waals surface area (Å²) in [7, 11) is 0. The van der Waals surface area contributed by atoms with Crippen molar-refractivity contribution >= 4 is 12.2 Å². The third-order valence-electron chi connectivity index (χ3n) is 2.81. The molecule has 0 aliphatic rings. The molecule has 0 saturated heterocycles. The Morgan fingerprint density at radius 2 is 1.90 bits per heavy atom. The molecule has 0 aliphatic heterocycles. The molecular weight excluding hydrogens is 258 g/mol. The van der Waals surface area contributed by atoms with Crippen LogP contribution in [0.3, 0.4) is 0 Å². The van der Waals surface area contributed by atoms with Crippen molar-refractivity contribution in [2.45, 2.75) is 40.2 Å². The topological polar surface area (TPSA) is 68.1 Å². The molecular formula is C15H21NO4. The van der Waals surface area contributed by atoms with Gasteiger partial charge in [0.2, 0.25) is 0 Å². The highest BCUT2D eigenvalue weighted by Crippen LogP contribution is 2.28. The minimum absolute atomic E-state index is 0.315. The molecule has 0 unspecified atom stereocenters. The summed E-state index contributed by atoms with van der Waals surface area (Å²) < 4.78 is 10.8. The van der Waals surface area contributed by atoms with E-state index in [4.69, 9.17) is 14.7 Å². The molecule has 110 valence electrons. The number of benzene rings is 1. The molecule has 1 N–H and O–H groups in total. The Kier molecular flexibility index (Phi) is 5.13. The van der Waals surface area contributed by atoms with E-state index in [-0.39, 0.29) is 0 Å². The van der Waals surface area contributed by atoms with Crippen LogP contribution < -0.4 is 4.74 Å². The number of carbonyl (C=O) groups is 1. The van der Waals surface area contributed by atoms with E-state index in [1.807, 2.05) is 26.0 Å². The second-order valence-corrected chi connectivity index (χ2v) is 5.06. The summed E-state index contributed by atoms with van der Waals surface area (Å²) >= 11 is 0. The van der Waals surface area contributed by atoms with Gasteiger partial charge >= 0.3 is 5.97 Å². The zero-order chi connectivity index (χ0) is 15.3. The number of esters is 1. The number of carbonyl (C=O) groups excluding carboxylic acids is 1. The second-order valence-electron chi connectivity index (χ2n) is 5.06. The van der Waals surface area contributed by atoms with Gasteiger partial charge in [0.05, 0.1) is 12.8 Å². The van der Waals surface area contributed by atoms with Crippen LogP contribution >= 0.6 is 0 Å². The number of nitrogens with zero attached hydrogens (tertiary/aromatic N) is 1. The average molecular weight is 279 g/mol. The average Bonchev–Trinajstić information content (AvgIpc) is 2.34. The molecule has 0 atom stereocenters. The van der Waals surface area contributed by atoms with Crippen LogP contribution in [-0.2, 0) is 9.53 Å². The van der Waals surface area contributed by atoms with Gasteiger partial charge in [0.25, 0.3) is 0 Å². The molecule has 1 aromatic rings. The number of hydrogen-bond donors (Lipinski definition) is 1. The van der Waals surface area contributed by atoms with Gasteiger partial charge in [-0.2, -0.15) is 0 Å². The summed E-state index contributed by atoms with van der Waals surface area (Å²) in [5.74, 6) is 0.234. The lowest BCUT2D eigenvalue weighted by Gasteiger charge is -2.26. The third kappa shape index (κ3) is 3.73. The molecule has 0 aliphatic carbocycles. The molecule has 0 aromatic heterocycles. The number of rotatable bonds is 5. The normalized spacial score (nSPS) is 11.7. The minimum Gasteiger partial charge on any atom is -0.476 e. The van der Waals surface area contributed by atoms with Crippen molar-refractivity contribution in [3.63, 3.8) is 0 Å². The maximum absolute atomic E-state index is 11.9. The highest BCUT2D eigenvalue weighted by Gasteiger charge is 2.32. The predicted molar refractivity (Wildman–Crippen MR) is 76.6 cm³/mol. The highest BCUT2D eigenvalue weighted by atomic mass is 16.6. The van der Waals surface area contributed by atoms with Crippen molar-refractivity contribution < 1.29 is 19.5 Å². The molecule has 0 fully saturated rings. The molecule has 0 amide bonds. The fourth-order valence-electron chi connectivity index (χ4n) is 1.89. The molecule has 1 aromatic carbocycles. The summed E-state index contributed by atoms with van der Waals surface area (Å²) in [6.45, 7) is 9.17. The SMILES string of the molecule is CCOC(=O)C(C)(C)Oc1c(C)cc(/C=N/O)cc1C. The van der Waals surface area contributed by atoms with Gasteiger partial charge in [-0.15, -0.1) is 0 Å². The first-order valence-corrected chi connectivity index (χ1v) is 6.46. The standard InChI is InChI=1S/C15H21NO4/c1-6-19-14(17)15(4,5)20-13-10(2)7-12(9-16-18)8-11(13)3/h7-9,18H,6H2,1-5H3/b16-9+. The molecule has 0 bridgehead atoms. The molecule has 0 radical (unpaired) electrons. The van der Waals surface area contributed by atoms with E-state index in [9.17, 15) is 4.79 Å². The zero-order valence-corrected chi connectivity index (χ0v) is 12.6. The number of hydrogen-bond acceptors (Lipinski definition) is 5. The van der Waals surface area contributed by atoms with Gasteiger partial charge in [-0.25, -0.2) is 4.79 Å². The Hall–Kier alpha value is -2.04. The van der Waals surface area contributed by atoms with Gasteiger partial charge in [0.1, 0.15) is 5.75 Å². The van der Waals surface area contributed by atoms with Gasteiger partial charge in [-0.05, 0) is 63.4 Å². The van der Waals surface area contributed by atoms with E-state index in [0.29, 0.717) is 12.4 Å². The number of oxime groups is 1. The van der Waals surface area contributed by atoms with Gasteiger partial charge < -0.3 is 14.7 Å². The van der Waals surface area contributed by atoms with Gasteiger partial charge in [0.15, 0.2) is 5.60 Å². The molecule has 1 rings (SSSR count). The van der Waals surface area contributed by atoms with Crippen LogP contribution in [0.2, 0.25) is 0 Å². The van der Waals surface area contributed by atoms with Crippen LogP contribution in [0.1, 0.15) is 37.5 Å². The predicted octanol–water partition coefficient (Wildman–Crippen LogP) is 2.83. The highest BCUT2D eigenvalue weighted by molar-refractivity contribution is 5.81. The van der Waals surface area contributed by atoms with Crippen LogP contribution in [0, 0.1) is 13.8 Å². The molecule has 0 saturated carbocycles.